The maximum absolute atomic E-state index is 13.6. The molecule has 0 radical (unpaired) electrons. The summed E-state index contributed by atoms with van der Waals surface area (Å²) in [5, 5.41) is 11.2. The molecule has 4 rings (SSSR count). The number of ether oxygens (including phenoxy) is 2. The van der Waals surface area contributed by atoms with Gasteiger partial charge in [0.2, 0.25) is 0 Å². The zero-order valence-electron chi connectivity index (χ0n) is 18.3. The molecule has 7 heteroatoms. The van der Waals surface area contributed by atoms with E-state index in [1.165, 1.54) is 29.2 Å². The third-order valence-electron chi connectivity index (χ3n) is 5.68. The molecule has 168 valence electrons. The smallest absolute Gasteiger partial charge is 0.295 e. The van der Waals surface area contributed by atoms with Gasteiger partial charge in [0.1, 0.15) is 23.4 Å². The first-order valence-electron chi connectivity index (χ1n) is 10.7. The first-order valence-corrected chi connectivity index (χ1v) is 10.7. The van der Waals surface area contributed by atoms with E-state index in [-0.39, 0.29) is 36.7 Å². The fourth-order valence-electron chi connectivity index (χ4n) is 4.21. The Bertz CT molecular complexity index is 1080. The van der Waals surface area contributed by atoms with Gasteiger partial charge in [-0.25, -0.2) is 4.39 Å². The summed E-state index contributed by atoms with van der Waals surface area (Å²) in [4.78, 5) is 27.3. The Labute approximate surface area is 186 Å². The van der Waals surface area contributed by atoms with E-state index >= 15 is 0 Å². The highest BCUT2D eigenvalue weighted by atomic mass is 19.1. The van der Waals surface area contributed by atoms with Gasteiger partial charge in [0.05, 0.1) is 24.3 Å². The molecule has 1 saturated heterocycles. The van der Waals surface area contributed by atoms with Crippen molar-refractivity contribution in [3.63, 3.8) is 0 Å². The predicted octanol–water partition coefficient (Wildman–Crippen LogP) is 4.00. The van der Waals surface area contributed by atoms with Gasteiger partial charge in [-0.2, -0.15) is 0 Å². The number of rotatable bonds is 6. The molecular formula is C25H26FNO5. The molecule has 2 aromatic rings. The Balaban J connectivity index is 1.77. The molecule has 1 amide bonds. The maximum atomic E-state index is 13.6. The van der Waals surface area contributed by atoms with E-state index < -0.39 is 23.5 Å². The number of halogens is 1. The summed E-state index contributed by atoms with van der Waals surface area (Å²) in [5.41, 5.74) is 1.89. The molecule has 0 saturated carbocycles. The number of hydrogen-bond donors (Lipinski definition) is 1. The number of carbonyl (C=O) groups is 2. The number of amides is 1. The molecule has 2 aliphatic rings. The van der Waals surface area contributed by atoms with E-state index in [4.69, 9.17) is 9.47 Å². The highest BCUT2D eigenvalue weighted by Crippen LogP contribution is 2.40. The van der Waals surface area contributed by atoms with Crippen LogP contribution in [0.15, 0.2) is 48.0 Å². The summed E-state index contributed by atoms with van der Waals surface area (Å²) < 4.78 is 24.8. The van der Waals surface area contributed by atoms with Gasteiger partial charge in [-0.15, -0.1) is 0 Å². The Morgan fingerprint density at radius 1 is 1.22 bits per heavy atom. The van der Waals surface area contributed by atoms with Crippen LogP contribution in [0.5, 0.6) is 5.75 Å². The number of carbonyl (C=O) groups excluding carboxylic acids is 2. The molecule has 2 aromatic carbocycles. The average Bonchev–Trinajstić information content (AvgIpc) is 3.24. The highest BCUT2D eigenvalue weighted by molar-refractivity contribution is 6.46. The molecule has 0 aliphatic carbocycles. The van der Waals surface area contributed by atoms with E-state index in [0.29, 0.717) is 17.5 Å². The second-order valence-corrected chi connectivity index (χ2v) is 8.42. The standard InChI is InChI=1S/C25H26FNO5/c1-14(2)31-11-10-27-22(16-4-7-19(26)8-5-16)21(24(29)25(27)30)23(28)17-6-9-20-18(13-17)12-15(3)32-20/h4-9,13-15,22,28H,10-12H2,1-3H3/b23-21-. The monoisotopic (exact) mass is 439 g/mol. The first kappa shape index (κ1) is 22.0. The van der Waals surface area contributed by atoms with Gasteiger partial charge in [-0.3, -0.25) is 9.59 Å². The molecule has 2 atom stereocenters. The maximum Gasteiger partial charge on any atom is 0.295 e. The summed E-state index contributed by atoms with van der Waals surface area (Å²) in [5.74, 6) is -1.43. The summed E-state index contributed by atoms with van der Waals surface area (Å²) in [6.45, 7) is 6.11. The van der Waals surface area contributed by atoms with Gasteiger partial charge in [-0.1, -0.05) is 12.1 Å². The number of aliphatic hydroxyl groups excluding tert-OH is 1. The van der Waals surface area contributed by atoms with Gasteiger partial charge in [0.15, 0.2) is 0 Å². The van der Waals surface area contributed by atoms with Crippen LogP contribution in [0.2, 0.25) is 0 Å². The molecule has 0 aromatic heterocycles. The molecule has 32 heavy (non-hydrogen) atoms. The summed E-state index contributed by atoms with van der Waals surface area (Å²) in [6.07, 6.45) is 0.693. The van der Waals surface area contributed by atoms with Crippen LogP contribution in [0.4, 0.5) is 4.39 Å². The van der Waals surface area contributed by atoms with Crippen LogP contribution in [-0.4, -0.2) is 47.1 Å². The van der Waals surface area contributed by atoms with Crippen LogP contribution in [0.3, 0.4) is 0 Å². The number of likely N-dealkylation sites (tertiary alicyclic amines) is 1. The van der Waals surface area contributed by atoms with Crippen LogP contribution in [0, 0.1) is 5.82 Å². The number of benzene rings is 2. The van der Waals surface area contributed by atoms with Crippen molar-refractivity contribution in [3.05, 3.63) is 70.5 Å². The van der Waals surface area contributed by atoms with Crippen molar-refractivity contribution in [2.45, 2.75) is 45.4 Å². The van der Waals surface area contributed by atoms with E-state index in [1.807, 2.05) is 20.8 Å². The average molecular weight is 439 g/mol. The second kappa shape index (κ2) is 8.74. The van der Waals surface area contributed by atoms with Gasteiger partial charge < -0.3 is 19.5 Å². The van der Waals surface area contributed by atoms with Crippen LogP contribution < -0.4 is 4.74 Å². The lowest BCUT2D eigenvalue weighted by Gasteiger charge is -2.25. The zero-order chi connectivity index (χ0) is 23.0. The van der Waals surface area contributed by atoms with Crippen molar-refractivity contribution in [2.24, 2.45) is 0 Å². The van der Waals surface area contributed by atoms with Crippen molar-refractivity contribution in [1.29, 1.82) is 0 Å². The number of nitrogens with zero attached hydrogens (tertiary/aromatic N) is 1. The SMILES string of the molecule is CC(C)OCCN1C(=O)C(=O)/C(=C(\O)c2ccc3c(c2)CC(C)O3)C1c1ccc(F)cc1. The summed E-state index contributed by atoms with van der Waals surface area (Å²) in [7, 11) is 0. The van der Waals surface area contributed by atoms with E-state index in [1.54, 1.807) is 18.2 Å². The molecule has 6 nitrogen and oxygen atoms in total. The number of aliphatic hydroxyl groups is 1. The van der Waals surface area contributed by atoms with Gasteiger partial charge in [0.25, 0.3) is 11.7 Å². The third-order valence-corrected chi connectivity index (χ3v) is 5.68. The number of fused-ring (bicyclic) bond motifs is 1. The van der Waals surface area contributed by atoms with E-state index in [9.17, 15) is 19.1 Å². The summed E-state index contributed by atoms with van der Waals surface area (Å²) >= 11 is 0. The minimum atomic E-state index is -0.838. The fourth-order valence-corrected chi connectivity index (χ4v) is 4.21. The number of hydrogen-bond acceptors (Lipinski definition) is 5. The largest absolute Gasteiger partial charge is 0.507 e. The molecule has 2 unspecified atom stereocenters. The Morgan fingerprint density at radius 2 is 1.94 bits per heavy atom. The lowest BCUT2D eigenvalue weighted by atomic mass is 9.94. The van der Waals surface area contributed by atoms with Crippen LogP contribution >= 0.6 is 0 Å². The number of Topliss-reactive ketones (excluding diaryl/α,β-unsaturated/α-hetero) is 1. The molecule has 2 heterocycles. The normalized spacial score (nSPS) is 21.8. The molecule has 1 N–H and O–H groups in total. The Morgan fingerprint density at radius 3 is 2.62 bits per heavy atom. The molecule has 1 fully saturated rings. The molecule has 0 bridgehead atoms. The molecular weight excluding hydrogens is 413 g/mol. The van der Waals surface area contributed by atoms with Crippen molar-refractivity contribution >= 4 is 17.4 Å². The molecule has 2 aliphatic heterocycles. The van der Waals surface area contributed by atoms with Crippen LogP contribution in [0.1, 0.15) is 43.5 Å². The first-order chi connectivity index (χ1) is 15.3. The number of ketones is 1. The lowest BCUT2D eigenvalue weighted by Crippen LogP contribution is -2.33. The quantitative estimate of drug-likeness (QED) is 0.418. The minimum absolute atomic E-state index is 0.0157. The lowest BCUT2D eigenvalue weighted by molar-refractivity contribution is -0.140. The highest BCUT2D eigenvalue weighted by Gasteiger charge is 2.46. The fraction of sp³-hybridized carbons (Fsp3) is 0.360. The van der Waals surface area contributed by atoms with E-state index in [2.05, 4.69) is 0 Å². The minimum Gasteiger partial charge on any atom is -0.507 e. The van der Waals surface area contributed by atoms with Crippen molar-refractivity contribution < 1.29 is 28.6 Å². The Kier molecular flexibility index (Phi) is 6.02. The van der Waals surface area contributed by atoms with E-state index in [0.717, 1.165) is 11.3 Å². The van der Waals surface area contributed by atoms with Gasteiger partial charge >= 0.3 is 0 Å². The van der Waals surface area contributed by atoms with Gasteiger partial charge in [-0.05, 0) is 62.2 Å². The van der Waals surface area contributed by atoms with Crippen LogP contribution in [-0.2, 0) is 20.7 Å². The van der Waals surface area contributed by atoms with Gasteiger partial charge in [0, 0.05) is 18.5 Å². The Hall–Kier alpha value is -3.19. The molecule has 0 spiro atoms. The van der Waals surface area contributed by atoms with Crippen molar-refractivity contribution in [2.75, 3.05) is 13.2 Å². The van der Waals surface area contributed by atoms with Crippen molar-refractivity contribution in [3.8, 4) is 5.75 Å². The van der Waals surface area contributed by atoms with Crippen LogP contribution in [0.25, 0.3) is 5.76 Å². The second-order valence-electron chi connectivity index (χ2n) is 8.42. The third kappa shape index (κ3) is 4.12. The topological polar surface area (TPSA) is 76.1 Å². The zero-order valence-corrected chi connectivity index (χ0v) is 18.3. The summed E-state index contributed by atoms with van der Waals surface area (Å²) in [6, 6.07) is 9.96. The predicted molar refractivity (Wildman–Crippen MR) is 117 cm³/mol. The van der Waals surface area contributed by atoms with Crippen molar-refractivity contribution in [1.82, 2.24) is 4.90 Å².